The molecular weight excluding hydrogens is 434 g/mol. The third-order valence-corrected chi connectivity index (χ3v) is 4.27. The van der Waals surface area contributed by atoms with Crippen LogP contribution < -0.4 is 15.4 Å². The van der Waals surface area contributed by atoms with Crippen LogP contribution in [0.1, 0.15) is 24.2 Å². The molecular formula is C18H18F6N4O3. The van der Waals surface area contributed by atoms with Crippen LogP contribution in [0, 0.1) is 11.7 Å². The number of carbonyl (C=O) groups is 2. The third kappa shape index (κ3) is 5.96. The van der Waals surface area contributed by atoms with Crippen molar-refractivity contribution in [1.29, 1.82) is 0 Å². The molecule has 0 spiro atoms. The van der Waals surface area contributed by atoms with Gasteiger partial charge in [-0.25, -0.2) is 4.39 Å². The molecule has 0 saturated carbocycles. The molecule has 0 aliphatic carbocycles. The van der Waals surface area contributed by atoms with Crippen LogP contribution in [-0.4, -0.2) is 42.1 Å². The second kappa shape index (κ2) is 9.81. The van der Waals surface area contributed by atoms with Crippen molar-refractivity contribution in [2.24, 2.45) is 5.92 Å². The van der Waals surface area contributed by atoms with Crippen molar-refractivity contribution < 1.29 is 40.7 Å². The van der Waals surface area contributed by atoms with Gasteiger partial charge in [0.25, 0.3) is 0 Å². The smallest absolute Gasteiger partial charge is 0.429 e. The van der Waals surface area contributed by atoms with Crippen molar-refractivity contribution in [2.75, 3.05) is 18.9 Å². The minimum absolute atomic E-state index is 0.110. The van der Waals surface area contributed by atoms with Crippen molar-refractivity contribution in [2.45, 2.75) is 25.6 Å². The monoisotopic (exact) mass is 452 g/mol. The Balaban J connectivity index is 2.39. The van der Waals surface area contributed by atoms with Gasteiger partial charge in [-0.1, -0.05) is 6.07 Å². The number of amides is 1. The molecule has 1 aromatic carbocycles. The van der Waals surface area contributed by atoms with E-state index < -0.39 is 59.3 Å². The van der Waals surface area contributed by atoms with Crippen LogP contribution >= 0.6 is 0 Å². The maximum atomic E-state index is 13.9. The molecule has 2 atom stereocenters. The molecule has 0 fully saturated rings. The highest BCUT2D eigenvalue weighted by Gasteiger charge is 2.38. The number of anilines is 1. The molecule has 170 valence electrons. The average molecular weight is 452 g/mol. The second-order valence-electron chi connectivity index (χ2n) is 6.44. The first-order valence-corrected chi connectivity index (χ1v) is 8.77. The van der Waals surface area contributed by atoms with Gasteiger partial charge in [0.1, 0.15) is 11.7 Å². The zero-order chi connectivity index (χ0) is 23.3. The number of halogens is 6. The molecule has 0 bridgehead atoms. The molecule has 2 rings (SSSR count). The molecule has 2 aromatic rings. The van der Waals surface area contributed by atoms with Crippen LogP contribution in [0.15, 0.2) is 24.3 Å². The predicted octanol–water partition coefficient (Wildman–Crippen LogP) is 3.32. The molecule has 13 heteroatoms. The van der Waals surface area contributed by atoms with Crippen molar-refractivity contribution in [3.63, 3.8) is 0 Å². The first-order chi connectivity index (χ1) is 14.5. The number of H-pyrrole nitrogens is 1. The molecule has 3 N–H and O–H groups in total. The van der Waals surface area contributed by atoms with Crippen molar-refractivity contribution >= 4 is 17.4 Å². The van der Waals surface area contributed by atoms with E-state index in [1.165, 1.54) is 7.05 Å². The van der Waals surface area contributed by atoms with E-state index >= 15 is 0 Å². The number of nitrogens with zero attached hydrogens (tertiary/aromatic N) is 1. The average Bonchev–Trinajstić information content (AvgIpc) is 3.14. The fraction of sp³-hybridized carbons (Fsp3) is 0.389. The Morgan fingerprint density at radius 3 is 2.45 bits per heavy atom. The number of likely N-dealkylation sites (N-methyl/N-ethyl adjacent to an activating group) is 1. The highest BCUT2D eigenvalue weighted by molar-refractivity contribution is 6.07. The van der Waals surface area contributed by atoms with Crippen LogP contribution in [0.25, 0.3) is 0 Å². The number of Topliss-reactive ketones (excluding diaryl/α,β-unsaturated/α-hetero) is 1. The number of hydrogen-bond donors (Lipinski definition) is 3. The number of ketones is 1. The van der Waals surface area contributed by atoms with Crippen LogP contribution in [0.5, 0.6) is 5.75 Å². The topological polar surface area (TPSA) is 96.1 Å². The Morgan fingerprint density at radius 2 is 1.94 bits per heavy atom. The summed E-state index contributed by atoms with van der Waals surface area (Å²) in [4.78, 5) is 25.0. The molecule has 31 heavy (non-hydrogen) atoms. The number of carbonyl (C=O) groups excluding carboxylic acids is 2. The lowest BCUT2D eigenvalue weighted by molar-refractivity contribution is -0.141. The molecule has 1 aromatic heterocycles. The lowest BCUT2D eigenvalue weighted by Crippen LogP contribution is -2.37. The van der Waals surface area contributed by atoms with E-state index in [2.05, 4.69) is 25.6 Å². The van der Waals surface area contributed by atoms with Crippen molar-refractivity contribution in [1.82, 2.24) is 15.5 Å². The summed E-state index contributed by atoms with van der Waals surface area (Å²) in [6.07, 6.45) is -4.75. The summed E-state index contributed by atoms with van der Waals surface area (Å²) in [5.74, 6) is -6.60. The van der Waals surface area contributed by atoms with Crippen LogP contribution in [0.2, 0.25) is 0 Å². The lowest BCUT2D eigenvalue weighted by Gasteiger charge is -2.24. The van der Waals surface area contributed by atoms with E-state index in [1.807, 2.05) is 0 Å². The maximum absolute atomic E-state index is 13.9. The summed E-state index contributed by atoms with van der Waals surface area (Å²) in [5.41, 5.74) is -1.87. The van der Waals surface area contributed by atoms with E-state index in [0.29, 0.717) is 6.07 Å². The Morgan fingerprint density at radius 1 is 1.26 bits per heavy atom. The third-order valence-electron chi connectivity index (χ3n) is 4.27. The molecule has 0 aliphatic heterocycles. The van der Waals surface area contributed by atoms with E-state index in [9.17, 15) is 35.9 Å². The van der Waals surface area contributed by atoms with Crippen LogP contribution in [0.3, 0.4) is 0 Å². The van der Waals surface area contributed by atoms with Gasteiger partial charge in [0.15, 0.2) is 17.3 Å². The minimum atomic E-state index is -4.75. The second-order valence-corrected chi connectivity index (χ2v) is 6.44. The number of benzene rings is 1. The number of aromatic amines is 1. The highest BCUT2D eigenvalue weighted by Crippen LogP contribution is 2.34. The number of alkyl halides is 5. The van der Waals surface area contributed by atoms with Crippen molar-refractivity contribution in [3.05, 3.63) is 41.5 Å². The molecule has 0 aliphatic rings. The summed E-state index contributed by atoms with van der Waals surface area (Å²) < 4.78 is 81.8. The van der Waals surface area contributed by atoms with E-state index in [-0.39, 0.29) is 12.2 Å². The zero-order valence-corrected chi connectivity index (χ0v) is 16.2. The molecule has 0 saturated heterocycles. The van der Waals surface area contributed by atoms with Gasteiger partial charge in [0.05, 0.1) is 5.69 Å². The summed E-state index contributed by atoms with van der Waals surface area (Å²) >= 11 is 0. The molecule has 7 nitrogen and oxygen atoms in total. The van der Waals surface area contributed by atoms with Crippen molar-refractivity contribution in [3.8, 4) is 5.75 Å². The Bertz CT molecular complexity index is 931. The van der Waals surface area contributed by atoms with Gasteiger partial charge in [-0.15, -0.1) is 0 Å². The number of aromatic nitrogens is 2. The van der Waals surface area contributed by atoms with Gasteiger partial charge < -0.3 is 15.4 Å². The first kappa shape index (κ1) is 24.2. The Kier molecular flexibility index (Phi) is 7.65. The number of nitrogens with one attached hydrogen (secondary N) is 3. The van der Waals surface area contributed by atoms with Gasteiger partial charge in [0.2, 0.25) is 5.91 Å². The Labute approximate surface area is 172 Å². The standard InChI is InChI=1S/C18H18F6N4O3/c1-8(29)14(9(7-25-2)12-6-13(28-27-12)18(22,23)24)16(30)26-11-5-3-4-10(19)15(11)31-17(20)21/h3-6,9,14,17,25H,7H2,1-2H3,(H,26,30)(H,27,28)/t9-,14+/m1/s1. The fourth-order valence-electron chi connectivity index (χ4n) is 2.98. The zero-order valence-electron chi connectivity index (χ0n) is 16.2. The predicted molar refractivity (Wildman–Crippen MR) is 96.1 cm³/mol. The van der Waals surface area contributed by atoms with E-state index in [1.54, 1.807) is 0 Å². The summed E-state index contributed by atoms with van der Waals surface area (Å²) in [6.45, 7) is -2.46. The minimum Gasteiger partial charge on any atom is -0.429 e. The molecule has 0 unspecified atom stereocenters. The van der Waals surface area contributed by atoms with Gasteiger partial charge in [-0.05, 0) is 32.2 Å². The summed E-state index contributed by atoms with van der Waals surface area (Å²) in [6, 6.07) is 3.67. The number of ether oxygens (including phenoxy) is 1. The number of para-hydroxylation sites is 1. The van der Waals surface area contributed by atoms with E-state index in [0.717, 1.165) is 25.1 Å². The van der Waals surface area contributed by atoms with Crippen LogP contribution in [-0.2, 0) is 15.8 Å². The van der Waals surface area contributed by atoms with E-state index in [4.69, 9.17) is 0 Å². The van der Waals surface area contributed by atoms with Gasteiger partial charge in [-0.3, -0.25) is 14.7 Å². The van der Waals surface area contributed by atoms with Gasteiger partial charge >= 0.3 is 12.8 Å². The quantitative estimate of drug-likeness (QED) is 0.401. The largest absolute Gasteiger partial charge is 0.435 e. The SMILES string of the molecule is CNC[C@H](c1cc(C(F)(F)F)n[nH]1)[C@H](C(C)=O)C(=O)Nc1cccc(F)c1OC(F)F. The molecule has 1 amide bonds. The number of rotatable bonds is 9. The molecule has 1 heterocycles. The fourth-order valence-corrected chi connectivity index (χ4v) is 2.98. The normalized spacial score (nSPS) is 13.7. The Hall–Kier alpha value is -3.09. The first-order valence-electron chi connectivity index (χ1n) is 8.77. The maximum Gasteiger partial charge on any atom is 0.435 e. The molecule has 0 radical (unpaired) electrons. The highest BCUT2D eigenvalue weighted by atomic mass is 19.4. The van der Waals surface area contributed by atoms with Gasteiger partial charge in [0, 0.05) is 18.2 Å². The summed E-state index contributed by atoms with van der Waals surface area (Å²) in [7, 11) is 1.45. The number of hydrogen-bond acceptors (Lipinski definition) is 5. The lowest BCUT2D eigenvalue weighted by atomic mass is 9.85. The van der Waals surface area contributed by atoms with Gasteiger partial charge in [-0.2, -0.15) is 27.1 Å². The van der Waals surface area contributed by atoms with Crippen LogP contribution in [0.4, 0.5) is 32.0 Å². The summed E-state index contributed by atoms with van der Waals surface area (Å²) in [5, 5.41) is 10.1.